The Hall–Kier alpha value is -2.27. The zero-order chi connectivity index (χ0) is 15.8. The van der Waals surface area contributed by atoms with Gasteiger partial charge < -0.3 is 5.32 Å². The molecule has 0 unspecified atom stereocenters. The molecule has 1 N–H and O–H groups in total. The molecule has 0 aliphatic heterocycles. The van der Waals surface area contributed by atoms with Gasteiger partial charge in [-0.15, -0.1) is 0 Å². The maximum absolute atomic E-state index is 12.8. The van der Waals surface area contributed by atoms with Crippen LogP contribution in [0.1, 0.15) is 11.1 Å². The van der Waals surface area contributed by atoms with Gasteiger partial charge in [0.2, 0.25) is 5.91 Å². The number of nitrogens with one attached hydrogen (secondary N) is 1. The van der Waals surface area contributed by atoms with E-state index in [2.05, 4.69) is 10.3 Å². The summed E-state index contributed by atoms with van der Waals surface area (Å²) in [5.41, 5.74) is 2.09. The Kier molecular flexibility index (Phi) is 6.03. The van der Waals surface area contributed by atoms with Crippen LogP contribution in [0.2, 0.25) is 0 Å². The molecule has 2 rings (SSSR count). The number of rotatable bonds is 7. The van der Waals surface area contributed by atoms with Crippen molar-refractivity contribution in [3.8, 4) is 0 Å². The summed E-state index contributed by atoms with van der Waals surface area (Å²) in [7, 11) is 1.92. The zero-order valence-corrected chi connectivity index (χ0v) is 12.6. The number of carbonyl (C=O) groups excluding carboxylic acids is 1. The first-order valence-electron chi connectivity index (χ1n) is 7.22. The fourth-order valence-electron chi connectivity index (χ4n) is 2.05. The minimum Gasteiger partial charge on any atom is -0.351 e. The Morgan fingerprint density at radius 3 is 2.50 bits per heavy atom. The van der Waals surface area contributed by atoms with Crippen LogP contribution in [-0.2, 0) is 17.8 Å². The molecule has 4 nitrogen and oxygen atoms in total. The van der Waals surface area contributed by atoms with Crippen LogP contribution in [-0.4, -0.2) is 35.9 Å². The summed E-state index contributed by atoms with van der Waals surface area (Å²) < 4.78 is 12.8. The normalized spacial score (nSPS) is 10.7. The SMILES string of the molecule is CN(CCc1ccncc1)CC(=O)NCc1ccc(F)cc1. The third kappa shape index (κ3) is 5.61. The van der Waals surface area contributed by atoms with Gasteiger partial charge >= 0.3 is 0 Å². The van der Waals surface area contributed by atoms with Gasteiger partial charge in [-0.25, -0.2) is 4.39 Å². The number of benzene rings is 1. The van der Waals surface area contributed by atoms with E-state index in [0.29, 0.717) is 13.1 Å². The lowest BCUT2D eigenvalue weighted by Crippen LogP contribution is -2.35. The summed E-state index contributed by atoms with van der Waals surface area (Å²) in [6, 6.07) is 10.1. The molecule has 0 aliphatic rings. The molecule has 0 aliphatic carbocycles. The average molecular weight is 301 g/mol. The quantitative estimate of drug-likeness (QED) is 0.851. The molecule has 1 amide bonds. The first-order chi connectivity index (χ1) is 10.6. The number of halogens is 1. The van der Waals surface area contributed by atoms with Crippen LogP contribution in [0.4, 0.5) is 4.39 Å². The Balaban J connectivity index is 1.68. The highest BCUT2D eigenvalue weighted by Crippen LogP contribution is 2.02. The summed E-state index contributed by atoms with van der Waals surface area (Å²) in [6.45, 7) is 1.55. The smallest absolute Gasteiger partial charge is 0.234 e. The van der Waals surface area contributed by atoms with Gasteiger partial charge in [-0.2, -0.15) is 0 Å². The Morgan fingerprint density at radius 1 is 1.14 bits per heavy atom. The molecule has 116 valence electrons. The number of hydrogen-bond donors (Lipinski definition) is 1. The molecule has 0 saturated carbocycles. The third-order valence-electron chi connectivity index (χ3n) is 3.35. The van der Waals surface area contributed by atoms with Gasteiger partial charge in [0.05, 0.1) is 6.54 Å². The second kappa shape index (κ2) is 8.24. The molecule has 22 heavy (non-hydrogen) atoms. The van der Waals surface area contributed by atoms with Crippen molar-refractivity contribution in [3.05, 3.63) is 65.7 Å². The molecular weight excluding hydrogens is 281 g/mol. The maximum atomic E-state index is 12.8. The third-order valence-corrected chi connectivity index (χ3v) is 3.35. The Bertz CT molecular complexity index is 587. The molecule has 0 bridgehead atoms. The fourth-order valence-corrected chi connectivity index (χ4v) is 2.05. The van der Waals surface area contributed by atoms with Crippen LogP contribution in [0.3, 0.4) is 0 Å². The number of likely N-dealkylation sites (N-methyl/N-ethyl adjacent to an activating group) is 1. The van der Waals surface area contributed by atoms with Gasteiger partial charge in [-0.05, 0) is 48.9 Å². The van der Waals surface area contributed by atoms with Gasteiger partial charge in [-0.1, -0.05) is 12.1 Å². The Labute approximate surface area is 130 Å². The van der Waals surface area contributed by atoms with E-state index in [1.807, 2.05) is 24.1 Å². The minimum absolute atomic E-state index is 0.0402. The monoisotopic (exact) mass is 301 g/mol. The summed E-state index contributed by atoms with van der Waals surface area (Å²) in [5.74, 6) is -0.313. The van der Waals surface area contributed by atoms with Crippen molar-refractivity contribution in [1.29, 1.82) is 0 Å². The molecule has 1 aromatic carbocycles. The average Bonchev–Trinajstić information content (AvgIpc) is 2.53. The van der Waals surface area contributed by atoms with Gasteiger partial charge in [0.15, 0.2) is 0 Å². The van der Waals surface area contributed by atoms with Gasteiger partial charge in [0.1, 0.15) is 5.82 Å². The van der Waals surface area contributed by atoms with E-state index in [4.69, 9.17) is 0 Å². The van der Waals surface area contributed by atoms with Crippen molar-refractivity contribution in [2.75, 3.05) is 20.1 Å². The van der Waals surface area contributed by atoms with Gasteiger partial charge in [0.25, 0.3) is 0 Å². The number of nitrogens with zero attached hydrogens (tertiary/aromatic N) is 2. The molecule has 0 spiro atoms. The molecule has 1 heterocycles. The van der Waals surface area contributed by atoms with Crippen molar-refractivity contribution in [2.24, 2.45) is 0 Å². The predicted molar refractivity (Wildman–Crippen MR) is 83.7 cm³/mol. The topological polar surface area (TPSA) is 45.2 Å². The molecule has 1 aromatic heterocycles. The number of hydrogen-bond acceptors (Lipinski definition) is 3. The fraction of sp³-hybridized carbons (Fsp3) is 0.294. The molecule has 0 atom stereocenters. The van der Waals surface area contributed by atoms with Crippen molar-refractivity contribution in [3.63, 3.8) is 0 Å². The number of amides is 1. The van der Waals surface area contributed by atoms with Crippen molar-refractivity contribution in [1.82, 2.24) is 15.2 Å². The van der Waals surface area contributed by atoms with Crippen molar-refractivity contribution < 1.29 is 9.18 Å². The second-order valence-electron chi connectivity index (χ2n) is 5.25. The number of carbonyl (C=O) groups is 1. The predicted octanol–water partition coefficient (Wildman–Crippen LogP) is 2.01. The second-order valence-corrected chi connectivity index (χ2v) is 5.25. The highest BCUT2D eigenvalue weighted by Gasteiger charge is 2.06. The molecule has 0 saturated heterocycles. The standard InChI is InChI=1S/C17H20FN3O/c1-21(11-8-14-6-9-19-10-7-14)13-17(22)20-12-15-2-4-16(18)5-3-15/h2-7,9-10H,8,11-13H2,1H3,(H,20,22). The van der Waals surface area contributed by atoms with E-state index in [-0.39, 0.29) is 11.7 Å². The highest BCUT2D eigenvalue weighted by molar-refractivity contribution is 5.77. The molecule has 0 radical (unpaired) electrons. The maximum Gasteiger partial charge on any atom is 0.234 e. The number of pyridine rings is 1. The van der Waals surface area contributed by atoms with Crippen LogP contribution in [0.5, 0.6) is 0 Å². The van der Waals surface area contributed by atoms with Crippen LogP contribution >= 0.6 is 0 Å². The van der Waals surface area contributed by atoms with E-state index in [1.54, 1.807) is 24.5 Å². The lowest BCUT2D eigenvalue weighted by Gasteiger charge is -2.16. The van der Waals surface area contributed by atoms with Crippen LogP contribution in [0.15, 0.2) is 48.8 Å². The zero-order valence-electron chi connectivity index (χ0n) is 12.6. The number of aromatic nitrogens is 1. The lowest BCUT2D eigenvalue weighted by atomic mass is 10.2. The Morgan fingerprint density at radius 2 is 1.82 bits per heavy atom. The first-order valence-corrected chi connectivity index (χ1v) is 7.22. The van der Waals surface area contributed by atoms with Crippen molar-refractivity contribution in [2.45, 2.75) is 13.0 Å². The largest absolute Gasteiger partial charge is 0.351 e. The van der Waals surface area contributed by atoms with Crippen LogP contribution < -0.4 is 5.32 Å². The minimum atomic E-state index is -0.272. The van der Waals surface area contributed by atoms with Crippen LogP contribution in [0.25, 0.3) is 0 Å². The van der Waals surface area contributed by atoms with E-state index < -0.39 is 0 Å². The van der Waals surface area contributed by atoms with E-state index in [9.17, 15) is 9.18 Å². The molecule has 2 aromatic rings. The van der Waals surface area contributed by atoms with E-state index in [0.717, 1.165) is 18.5 Å². The molecule has 5 heteroatoms. The summed E-state index contributed by atoms with van der Waals surface area (Å²) in [5, 5.41) is 2.83. The summed E-state index contributed by atoms with van der Waals surface area (Å²) >= 11 is 0. The molecule has 0 fully saturated rings. The summed E-state index contributed by atoms with van der Waals surface area (Å²) in [6.07, 6.45) is 4.42. The first kappa shape index (κ1) is 16.1. The lowest BCUT2D eigenvalue weighted by molar-refractivity contribution is -0.122. The van der Waals surface area contributed by atoms with E-state index in [1.165, 1.54) is 17.7 Å². The van der Waals surface area contributed by atoms with Crippen molar-refractivity contribution >= 4 is 5.91 Å². The van der Waals surface area contributed by atoms with Crippen LogP contribution in [0, 0.1) is 5.82 Å². The molecular formula is C17H20FN3O. The van der Waals surface area contributed by atoms with Gasteiger partial charge in [-0.3, -0.25) is 14.7 Å². The highest BCUT2D eigenvalue weighted by atomic mass is 19.1. The summed E-state index contributed by atoms with van der Waals surface area (Å²) in [4.78, 5) is 17.8. The van der Waals surface area contributed by atoms with E-state index >= 15 is 0 Å². The van der Waals surface area contributed by atoms with Gasteiger partial charge in [0, 0.05) is 25.5 Å².